The molecule has 1 saturated heterocycles. The van der Waals surface area contributed by atoms with Crippen LogP contribution in [0.2, 0.25) is 0 Å². The van der Waals surface area contributed by atoms with Gasteiger partial charge in [0.25, 0.3) is 0 Å². The van der Waals surface area contributed by atoms with Gasteiger partial charge in [0.05, 0.1) is 19.8 Å². The van der Waals surface area contributed by atoms with E-state index in [1.807, 2.05) is 0 Å². The molecule has 1 aliphatic heterocycles. The maximum absolute atomic E-state index is 9.82. The Labute approximate surface area is 105 Å². The number of nitrogens with zero attached hydrogens (tertiary/aromatic N) is 1. The summed E-state index contributed by atoms with van der Waals surface area (Å²) < 4.78 is 5.29. The summed E-state index contributed by atoms with van der Waals surface area (Å²) in [6.45, 7) is -0.677. The summed E-state index contributed by atoms with van der Waals surface area (Å²) in [6.07, 6.45) is -6.25. The van der Waals surface area contributed by atoms with Crippen molar-refractivity contribution in [1.29, 1.82) is 0 Å². The van der Waals surface area contributed by atoms with Gasteiger partial charge in [-0.2, -0.15) is 0 Å². The van der Waals surface area contributed by atoms with Crippen LogP contribution in [0.4, 0.5) is 0 Å². The first-order valence-electron chi connectivity index (χ1n) is 5.83. The van der Waals surface area contributed by atoms with E-state index in [-0.39, 0.29) is 26.3 Å². The summed E-state index contributed by atoms with van der Waals surface area (Å²) in [7, 11) is 0. The number of ether oxygens (including phenoxy) is 1. The molecule has 6 N–H and O–H groups in total. The Morgan fingerprint density at radius 2 is 1.39 bits per heavy atom. The van der Waals surface area contributed by atoms with Crippen molar-refractivity contribution in [1.82, 2.24) is 4.90 Å². The van der Waals surface area contributed by atoms with Crippen LogP contribution in [-0.2, 0) is 4.74 Å². The zero-order chi connectivity index (χ0) is 13.7. The van der Waals surface area contributed by atoms with E-state index in [4.69, 9.17) is 20.1 Å². The highest BCUT2D eigenvalue weighted by molar-refractivity contribution is 4.91. The second kappa shape index (κ2) is 7.31. The van der Waals surface area contributed by atoms with Gasteiger partial charge in [0.15, 0.2) is 0 Å². The van der Waals surface area contributed by atoms with Gasteiger partial charge in [0, 0.05) is 13.1 Å². The zero-order valence-electron chi connectivity index (χ0n) is 9.96. The molecule has 5 atom stereocenters. The largest absolute Gasteiger partial charge is 0.395 e. The van der Waals surface area contributed by atoms with E-state index in [9.17, 15) is 15.3 Å². The maximum Gasteiger partial charge on any atom is 0.140 e. The second-order valence-electron chi connectivity index (χ2n) is 4.20. The van der Waals surface area contributed by atoms with Crippen LogP contribution in [0.1, 0.15) is 0 Å². The lowest BCUT2D eigenvalue weighted by Crippen LogP contribution is -2.63. The van der Waals surface area contributed by atoms with Crippen molar-refractivity contribution >= 4 is 0 Å². The molecule has 0 aromatic rings. The molecule has 8 nitrogen and oxygen atoms in total. The van der Waals surface area contributed by atoms with E-state index in [0.29, 0.717) is 0 Å². The standard InChI is InChI=1S/C10H21NO7/c12-3-1-11(2-4-13)10-9(17)8(16)7(15)6(5-14)18-10/h6-10,12-17H,1-5H2/t6-,7-,8+,9-,10-/m1/s1. The fourth-order valence-corrected chi connectivity index (χ4v) is 2.01. The Morgan fingerprint density at radius 3 is 1.83 bits per heavy atom. The van der Waals surface area contributed by atoms with Crippen LogP contribution in [0.3, 0.4) is 0 Å². The molecular weight excluding hydrogens is 246 g/mol. The molecule has 0 radical (unpaired) electrons. The molecule has 1 aliphatic rings. The van der Waals surface area contributed by atoms with Crippen LogP contribution >= 0.6 is 0 Å². The number of rotatable bonds is 6. The summed E-state index contributed by atoms with van der Waals surface area (Å²) >= 11 is 0. The Bertz CT molecular complexity index is 234. The molecule has 0 aliphatic carbocycles. The molecule has 8 heteroatoms. The predicted molar refractivity (Wildman–Crippen MR) is 59.5 cm³/mol. The fraction of sp³-hybridized carbons (Fsp3) is 1.00. The highest BCUT2D eigenvalue weighted by atomic mass is 16.6. The highest BCUT2D eigenvalue weighted by Crippen LogP contribution is 2.23. The lowest BCUT2D eigenvalue weighted by molar-refractivity contribution is -0.266. The van der Waals surface area contributed by atoms with E-state index in [2.05, 4.69) is 0 Å². The number of hydrogen-bond donors (Lipinski definition) is 6. The summed E-state index contributed by atoms with van der Waals surface area (Å²) in [4.78, 5) is 1.43. The minimum absolute atomic E-state index is 0.128. The summed E-state index contributed by atoms with van der Waals surface area (Å²) in [5, 5.41) is 55.9. The summed E-state index contributed by atoms with van der Waals surface area (Å²) in [6, 6.07) is 0. The van der Waals surface area contributed by atoms with E-state index in [1.54, 1.807) is 0 Å². The van der Waals surface area contributed by atoms with Crippen molar-refractivity contribution in [3.8, 4) is 0 Å². The molecular formula is C10H21NO7. The van der Waals surface area contributed by atoms with Gasteiger partial charge in [0.1, 0.15) is 30.6 Å². The van der Waals surface area contributed by atoms with Gasteiger partial charge in [-0.05, 0) is 0 Å². The topological polar surface area (TPSA) is 134 Å². The molecule has 0 bridgehead atoms. The molecule has 1 rings (SSSR count). The van der Waals surface area contributed by atoms with E-state index >= 15 is 0 Å². The molecule has 0 aromatic heterocycles. The average molecular weight is 267 g/mol. The van der Waals surface area contributed by atoms with Crippen LogP contribution in [0, 0.1) is 0 Å². The van der Waals surface area contributed by atoms with Gasteiger partial charge < -0.3 is 35.4 Å². The Kier molecular flexibility index (Phi) is 6.39. The monoisotopic (exact) mass is 267 g/mol. The van der Waals surface area contributed by atoms with Crippen molar-refractivity contribution in [2.45, 2.75) is 30.6 Å². The normalized spacial score (nSPS) is 37.2. The highest BCUT2D eigenvalue weighted by Gasteiger charge is 2.45. The molecule has 108 valence electrons. The summed E-state index contributed by atoms with van der Waals surface area (Å²) in [5.41, 5.74) is 0. The first kappa shape index (κ1) is 15.7. The Hall–Kier alpha value is -0.320. The fourth-order valence-electron chi connectivity index (χ4n) is 2.01. The average Bonchev–Trinajstić information content (AvgIpc) is 2.36. The van der Waals surface area contributed by atoms with Gasteiger partial charge in [-0.3, -0.25) is 4.90 Å². The van der Waals surface area contributed by atoms with Gasteiger partial charge in [-0.15, -0.1) is 0 Å². The molecule has 0 amide bonds. The van der Waals surface area contributed by atoms with E-state index in [0.717, 1.165) is 0 Å². The number of aliphatic hydroxyl groups is 6. The van der Waals surface area contributed by atoms with Crippen molar-refractivity contribution in [3.63, 3.8) is 0 Å². The molecule has 0 saturated carbocycles. The number of aliphatic hydroxyl groups excluding tert-OH is 6. The molecule has 0 aromatic carbocycles. The second-order valence-corrected chi connectivity index (χ2v) is 4.20. The lowest BCUT2D eigenvalue weighted by atomic mass is 9.98. The van der Waals surface area contributed by atoms with Crippen LogP contribution in [-0.4, -0.2) is 99.1 Å². The van der Waals surface area contributed by atoms with Gasteiger partial charge in [-0.25, -0.2) is 0 Å². The SMILES string of the molecule is OCCN(CCO)[C@@H]1O[C@H](CO)[C@@H](O)[C@H](O)[C@H]1O. The molecule has 1 fully saturated rings. The minimum atomic E-state index is -1.46. The Morgan fingerprint density at radius 1 is 0.833 bits per heavy atom. The van der Waals surface area contributed by atoms with Crippen LogP contribution in [0.15, 0.2) is 0 Å². The van der Waals surface area contributed by atoms with E-state index < -0.39 is 37.3 Å². The van der Waals surface area contributed by atoms with E-state index in [1.165, 1.54) is 4.90 Å². The third-order valence-electron chi connectivity index (χ3n) is 3.00. The van der Waals surface area contributed by atoms with Gasteiger partial charge in [0.2, 0.25) is 0 Å². The van der Waals surface area contributed by atoms with Crippen LogP contribution in [0.25, 0.3) is 0 Å². The first-order chi connectivity index (χ1) is 8.56. The zero-order valence-corrected chi connectivity index (χ0v) is 9.96. The third kappa shape index (κ3) is 3.37. The van der Waals surface area contributed by atoms with Gasteiger partial charge >= 0.3 is 0 Å². The molecule has 0 spiro atoms. The van der Waals surface area contributed by atoms with Crippen molar-refractivity contribution in [2.24, 2.45) is 0 Å². The predicted octanol–water partition coefficient (Wildman–Crippen LogP) is -3.93. The Balaban J connectivity index is 2.77. The maximum atomic E-state index is 9.82. The molecule has 0 unspecified atom stereocenters. The van der Waals surface area contributed by atoms with Crippen molar-refractivity contribution in [3.05, 3.63) is 0 Å². The lowest BCUT2D eigenvalue weighted by Gasteiger charge is -2.44. The third-order valence-corrected chi connectivity index (χ3v) is 3.00. The van der Waals surface area contributed by atoms with Crippen molar-refractivity contribution in [2.75, 3.05) is 32.9 Å². The van der Waals surface area contributed by atoms with Crippen LogP contribution < -0.4 is 0 Å². The quantitative estimate of drug-likeness (QED) is 0.287. The number of hydrogen-bond acceptors (Lipinski definition) is 8. The first-order valence-corrected chi connectivity index (χ1v) is 5.83. The van der Waals surface area contributed by atoms with Crippen LogP contribution in [0.5, 0.6) is 0 Å². The van der Waals surface area contributed by atoms with Crippen molar-refractivity contribution < 1.29 is 35.4 Å². The van der Waals surface area contributed by atoms with Gasteiger partial charge in [-0.1, -0.05) is 0 Å². The molecule has 1 heterocycles. The smallest absolute Gasteiger partial charge is 0.140 e. The molecule has 18 heavy (non-hydrogen) atoms. The minimum Gasteiger partial charge on any atom is -0.395 e. The summed E-state index contributed by atoms with van der Waals surface area (Å²) in [5.74, 6) is 0.